The molecule has 0 unspecified atom stereocenters. The van der Waals surface area contributed by atoms with Gasteiger partial charge in [0.2, 0.25) is 0 Å². The zero-order valence-electron chi connectivity index (χ0n) is 19.0. The Bertz CT molecular complexity index is 790. The zero-order valence-corrected chi connectivity index (χ0v) is 19.0. The highest BCUT2D eigenvalue weighted by Gasteiger charge is 2.56. The molecule has 1 aromatic carbocycles. The number of carbonyl (C=O) groups excluding carboxylic acids is 1. The van der Waals surface area contributed by atoms with Gasteiger partial charge in [-0.2, -0.15) is 0 Å². The van der Waals surface area contributed by atoms with E-state index < -0.39 is 0 Å². The van der Waals surface area contributed by atoms with Crippen LogP contribution < -0.4 is 4.74 Å². The SMILES string of the molecule is COCOc1ccc2c(c1)[C@H](C/C=C/C=O)C[C@@H]1[C@@H]2CC[C@]2(C)[C@@H](OCOC)CC[C@@H]12. The fourth-order valence-electron chi connectivity index (χ4n) is 6.82. The second kappa shape index (κ2) is 9.85. The monoisotopic (exact) mass is 428 g/mol. The van der Waals surface area contributed by atoms with E-state index in [1.54, 1.807) is 20.3 Å². The van der Waals surface area contributed by atoms with E-state index in [2.05, 4.69) is 25.1 Å². The Kier molecular flexibility index (Phi) is 7.15. The molecule has 5 heteroatoms. The summed E-state index contributed by atoms with van der Waals surface area (Å²) in [4.78, 5) is 10.9. The van der Waals surface area contributed by atoms with Gasteiger partial charge in [-0.15, -0.1) is 0 Å². The number of ether oxygens (including phenoxy) is 4. The average Bonchev–Trinajstić information content (AvgIpc) is 3.12. The average molecular weight is 429 g/mol. The minimum absolute atomic E-state index is 0.224. The van der Waals surface area contributed by atoms with Crippen LogP contribution in [0.2, 0.25) is 0 Å². The molecule has 6 atom stereocenters. The molecule has 0 N–H and O–H groups in total. The maximum atomic E-state index is 10.9. The molecule has 0 amide bonds. The molecule has 2 fully saturated rings. The van der Waals surface area contributed by atoms with E-state index in [4.69, 9.17) is 18.9 Å². The Morgan fingerprint density at radius 3 is 2.71 bits per heavy atom. The third kappa shape index (κ3) is 4.33. The topological polar surface area (TPSA) is 54.0 Å². The van der Waals surface area contributed by atoms with Crippen LogP contribution in [0.1, 0.15) is 68.4 Å². The van der Waals surface area contributed by atoms with Gasteiger partial charge in [-0.1, -0.05) is 19.1 Å². The van der Waals surface area contributed by atoms with E-state index in [0.29, 0.717) is 30.5 Å². The van der Waals surface area contributed by atoms with Gasteiger partial charge >= 0.3 is 0 Å². The largest absolute Gasteiger partial charge is 0.468 e. The molecular weight excluding hydrogens is 392 g/mol. The molecule has 31 heavy (non-hydrogen) atoms. The maximum absolute atomic E-state index is 10.9. The Hall–Kier alpha value is -1.69. The first-order valence-corrected chi connectivity index (χ1v) is 11.6. The van der Waals surface area contributed by atoms with Crippen molar-refractivity contribution in [2.24, 2.45) is 17.3 Å². The van der Waals surface area contributed by atoms with Gasteiger partial charge in [0.15, 0.2) is 6.79 Å². The van der Waals surface area contributed by atoms with Crippen molar-refractivity contribution in [2.45, 2.75) is 63.4 Å². The summed E-state index contributed by atoms with van der Waals surface area (Å²) < 4.78 is 22.2. The second-order valence-electron chi connectivity index (χ2n) is 9.63. The van der Waals surface area contributed by atoms with Gasteiger partial charge in [-0.05, 0) is 96.9 Å². The standard InChI is InChI=1S/C26H36O5/c1-26-12-11-21-20-8-7-19(30-16-28-2)15-22(20)18(6-4-5-13-27)14-23(21)24(26)9-10-25(26)31-17-29-3/h4-5,7-8,13,15,18,21,23-25H,6,9-12,14,16-17H2,1-3H3/b5-4+/t18-,21-,23-,24+,25+,26+/m1/s1. The van der Waals surface area contributed by atoms with Crippen LogP contribution in [0.5, 0.6) is 5.75 Å². The van der Waals surface area contributed by atoms with Crippen LogP contribution in [0.3, 0.4) is 0 Å². The first kappa shape index (κ1) is 22.5. The van der Waals surface area contributed by atoms with Crippen LogP contribution >= 0.6 is 0 Å². The summed E-state index contributed by atoms with van der Waals surface area (Å²) in [6.07, 6.45) is 11.6. The summed E-state index contributed by atoms with van der Waals surface area (Å²) in [6.45, 7) is 3.08. The lowest BCUT2D eigenvalue weighted by Crippen LogP contribution is -2.45. The molecule has 1 aromatic rings. The first-order chi connectivity index (χ1) is 15.1. The molecule has 3 aliphatic rings. The molecule has 0 spiro atoms. The zero-order chi connectivity index (χ0) is 21.8. The minimum Gasteiger partial charge on any atom is -0.468 e. The third-order valence-electron chi connectivity index (χ3n) is 8.17. The van der Waals surface area contributed by atoms with E-state index in [1.165, 1.54) is 30.4 Å². The van der Waals surface area contributed by atoms with Crippen molar-refractivity contribution in [3.05, 3.63) is 41.5 Å². The molecule has 0 saturated heterocycles. The smallest absolute Gasteiger partial charge is 0.188 e. The number of hydrogen-bond acceptors (Lipinski definition) is 5. The number of rotatable bonds is 9. The van der Waals surface area contributed by atoms with Crippen LogP contribution in [0.25, 0.3) is 0 Å². The van der Waals surface area contributed by atoms with Crippen LogP contribution in [-0.4, -0.2) is 40.2 Å². The summed E-state index contributed by atoms with van der Waals surface area (Å²) in [5.74, 6) is 3.18. The van der Waals surface area contributed by atoms with Gasteiger partial charge in [0.1, 0.15) is 18.8 Å². The highest BCUT2D eigenvalue weighted by molar-refractivity contribution is 5.64. The Labute approximate surface area is 186 Å². The number of benzene rings is 1. The van der Waals surface area contributed by atoms with E-state index in [1.807, 2.05) is 6.08 Å². The molecule has 0 bridgehead atoms. The van der Waals surface area contributed by atoms with Gasteiger partial charge < -0.3 is 18.9 Å². The number of aldehydes is 1. The van der Waals surface area contributed by atoms with Crippen LogP contribution in [0.4, 0.5) is 0 Å². The van der Waals surface area contributed by atoms with Crippen LogP contribution in [0.15, 0.2) is 30.4 Å². The lowest BCUT2D eigenvalue weighted by Gasteiger charge is -2.52. The predicted molar refractivity (Wildman–Crippen MR) is 119 cm³/mol. The van der Waals surface area contributed by atoms with E-state index in [0.717, 1.165) is 31.3 Å². The van der Waals surface area contributed by atoms with Crippen LogP contribution in [-0.2, 0) is 19.0 Å². The van der Waals surface area contributed by atoms with Gasteiger partial charge in [0, 0.05) is 14.2 Å². The highest BCUT2D eigenvalue weighted by atomic mass is 16.7. The fourth-order valence-corrected chi connectivity index (χ4v) is 6.82. The molecule has 3 aliphatic carbocycles. The number of allylic oxidation sites excluding steroid dienone is 2. The first-order valence-electron chi connectivity index (χ1n) is 11.6. The van der Waals surface area contributed by atoms with E-state index in [9.17, 15) is 4.79 Å². The predicted octanol–water partition coefficient (Wildman–Crippen LogP) is 5.20. The summed E-state index contributed by atoms with van der Waals surface area (Å²) in [5, 5.41) is 0. The van der Waals surface area contributed by atoms with Crippen molar-refractivity contribution in [3.8, 4) is 5.75 Å². The van der Waals surface area contributed by atoms with Gasteiger partial charge in [-0.25, -0.2) is 0 Å². The normalized spacial score (nSPS) is 34.2. The van der Waals surface area contributed by atoms with Crippen molar-refractivity contribution in [2.75, 3.05) is 27.8 Å². The van der Waals surface area contributed by atoms with E-state index >= 15 is 0 Å². The van der Waals surface area contributed by atoms with Crippen molar-refractivity contribution in [1.82, 2.24) is 0 Å². The molecule has 0 aromatic heterocycles. The summed E-state index contributed by atoms with van der Waals surface area (Å²) in [7, 11) is 3.34. The lowest BCUT2D eigenvalue weighted by atomic mass is 9.53. The van der Waals surface area contributed by atoms with Gasteiger partial charge in [0.25, 0.3) is 0 Å². The van der Waals surface area contributed by atoms with Crippen molar-refractivity contribution >= 4 is 6.29 Å². The van der Waals surface area contributed by atoms with Crippen molar-refractivity contribution in [1.29, 1.82) is 0 Å². The molecule has 2 saturated carbocycles. The highest BCUT2D eigenvalue weighted by Crippen LogP contribution is 2.63. The number of hydrogen-bond donors (Lipinski definition) is 0. The van der Waals surface area contributed by atoms with Gasteiger partial charge in [-0.3, -0.25) is 4.79 Å². The quantitative estimate of drug-likeness (QED) is 0.307. The van der Waals surface area contributed by atoms with Crippen molar-refractivity contribution in [3.63, 3.8) is 0 Å². The summed E-state index contributed by atoms with van der Waals surface area (Å²) in [6, 6.07) is 6.58. The molecule has 5 nitrogen and oxygen atoms in total. The van der Waals surface area contributed by atoms with E-state index in [-0.39, 0.29) is 18.3 Å². The Morgan fingerprint density at radius 2 is 1.94 bits per heavy atom. The maximum Gasteiger partial charge on any atom is 0.188 e. The van der Waals surface area contributed by atoms with Crippen LogP contribution in [0, 0.1) is 17.3 Å². The number of methoxy groups -OCH3 is 2. The minimum atomic E-state index is 0.224. The molecule has 4 rings (SSSR count). The molecular formula is C26H36O5. The lowest BCUT2D eigenvalue weighted by molar-refractivity contribution is -0.125. The molecule has 170 valence electrons. The second-order valence-corrected chi connectivity index (χ2v) is 9.63. The number of fused-ring (bicyclic) bond motifs is 5. The summed E-state index contributed by atoms with van der Waals surface area (Å²) in [5.41, 5.74) is 3.09. The molecule has 0 aliphatic heterocycles. The Balaban J connectivity index is 1.63. The fraction of sp³-hybridized carbons (Fsp3) is 0.654. The van der Waals surface area contributed by atoms with Crippen molar-refractivity contribution < 1.29 is 23.7 Å². The number of carbonyl (C=O) groups is 1. The third-order valence-corrected chi connectivity index (χ3v) is 8.17. The molecule has 0 radical (unpaired) electrons. The Morgan fingerprint density at radius 1 is 1.10 bits per heavy atom. The van der Waals surface area contributed by atoms with Gasteiger partial charge in [0.05, 0.1) is 6.10 Å². The molecule has 0 heterocycles. The summed E-state index contributed by atoms with van der Waals surface area (Å²) >= 11 is 0.